The summed E-state index contributed by atoms with van der Waals surface area (Å²) in [5, 5.41) is 2.63. The molecule has 0 spiro atoms. The molecule has 1 atom stereocenters. The number of methoxy groups -OCH3 is 1. The average Bonchev–Trinajstić information content (AvgIpc) is 3.20. The number of carbonyl (C=O) groups excluding carboxylic acids is 3. The summed E-state index contributed by atoms with van der Waals surface area (Å²) in [6.07, 6.45) is -3.81. The van der Waals surface area contributed by atoms with Gasteiger partial charge < -0.3 is 15.0 Å². The predicted molar refractivity (Wildman–Crippen MR) is 118 cm³/mol. The lowest BCUT2D eigenvalue weighted by Crippen LogP contribution is -2.34. The highest BCUT2D eigenvalue weighted by atomic mass is 19.4. The van der Waals surface area contributed by atoms with Crippen molar-refractivity contribution >= 4 is 23.5 Å². The van der Waals surface area contributed by atoms with Crippen molar-refractivity contribution in [3.63, 3.8) is 0 Å². The molecule has 0 bridgehead atoms. The van der Waals surface area contributed by atoms with E-state index >= 15 is 0 Å². The topological polar surface area (TPSA) is 88.1 Å². The first kappa shape index (κ1) is 24.9. The summed E-state index contributed by atoms with van der Waals surface area (Å²) >= 11 is 0. The van der Waals surface area contributed by atoms with Crippen molar-refractivity contribution in [1.29, 1.82) is 0 Å². The van der Waals surface area contributed by atoms with Crippen LogP contribution in [0.15, 0.2) is 53.5 Å². The number of aliphatic imine (C=N–C) groups is 1. The van der Waals surface area contributed by atoms with Gasteiger partial charge in [-0.25, -0.2) is 0 Å². The average molecular weight is 475 g/mol. The number of halogens is 3. The second kappa shape index (κ2) is 10.5. The Morgan fingerprint density at radius 3 is 2.32 bits per heavy atom. The minimum Gasteiger partial charge on any atom is -0.469 e. The molecule has 0 aromatic heterocycles. The van der Waals surface area contributed by atoms with Crippen LogP contribution in [0.5, 0.6) is 0 Å². The van der Waals surface area contributed by atoms with E-state index in [1.165, 1.54) is 19.2 Å². The largest absolute Gasteiger partial charge is 0.469 e. The Morgan fingerprint density at radius 1 is 1.12 bits per heavy atom. The van der Waals surface area contributed by atoms with Crippen LogP contribution in [-0.2, 0) is 20.5 Å². The van der Waals surface area contributed by atoms with Crippen LogP contribution in [0.3, 0.4) is 0 Å². The van der Waals surface area contributed by atoms with Crippen LogP contribution in [0.25, 0.3) is 0 Å². The fraction of sp³-hybridized carbons (Fsp3) is 0.333. The molecule has 2 aromatic rings. The number of nitrogens with one attached hydrogen (secondary N) is 1. The minimum absolute atomic E-state index is 0.0660. The van der Waals surface area contributed by atoms with Crippen LogP contribution in [0.1, 0.15) is 52.9 Å². The molecule has 0 saturated carbocycles. The summed E-state index contributed by atoms with van der Waals surface area (Å²) in [6, 6.07) is 10.8. The molecule has 0 aliphatic carbocycles. The van der Waals surface area contributed by atoms with Crippen molar-refractivity contribution in [2.24, 2.45) is 4.99 Å². The highest BCUT2D eigenvalue weighted by Gasteiger charge is 2.34. The Hall–Kier alpha value is -3.69. The smallest absolute Gasteiger partial charge is 0.416 e. The Bertz CT molecular complexity index is 1080. The maximum absolute atomic E-state index is 13.0. The van der Waals surface area contributed by atoms with Gasteiger partial charge in [0.1, 0.15) is 12.4 Å². The second-order valence-electron chi connectivity index (χ2n) is 7.63. The lowest BCUT2D eigenvalue weighted by Gasteiger charge is -2.26. The van der Waals surface area contributed by atoms with Crippen molar-refractivity contribution in [3.8, 4) is 0 Å². The molecule has 3 rings (SSSR count). The SMILES string of the molecule is CCC(c1ccc(C(=O)NCCC(=O)OC)cc1)N1CN=C(c2ccc(C(F)(F)F)cc2)C1=O. The number of amides is 2. The lowest BCUT2D eigenvalue weighted by molar-refractivity contribution is -0.140. The van der Waals surface area contributed by atoms with Crippen LogP contribution in [0, 0.1) is 0 Å². The molecule has 1 aliphatic rings. The van der Waals surface area contributed by atoms with Gasteiger partial charge in [-0.15, -0.1) is 0 Å². The molecule has 7 nitrogen and oxygen atoms in total. The molecule has 1 heterocycles. The summed E-state index contributed by atoms with van der Waals surface area (Å²) in [5.74, 6) is -1.13. The Labute approximate surface area is 194 Å². The number of alkyl halides is 3. The molecule has 1 unspecified atom stereocenters. The lowest BCUT2D eigenvalue weighted by atomic mass is 10.00. The van der Waals surface area contributed by atoms with Gasteiger partial charge in [-0.3, -0.25) is 19.4 Å². The second-order valence-corrected chi connectivity index (χ2v) is 7.63. The molecule has 180 valence electrons. The van der Waals surface area contributed by atoms with Crippen molar-refractivity contribution in [3.05, 3.63) is 70.8 Å². The first-order chi connectivity index (χ1) is 16.2. The molecule has 2 amide bonds. The molecule has 1 aliphatic heterocycles. The maximum atomic E-state index is 13.0. The first-order valence-corrected chi connectivity index (χ1v) is 10.6. The van der Waals surface area contributed by atoms with Crippen molar-refractivity contribution in [1.82, 2.24) is 10.2 Å². The highest BCUT2D eigenvalue weighted by Crippen LogP contribution is 2.31. The van der Waals surface area contributed by atoms with Crippen LogP contribution in [0.4, 0.5) is 13.2 Å². The van der Waals surface area contributed by atoms with E-state index in [-0.39, 0.29) is 43.2 Å². The summed E-state index contributed by atoms with van der Waals surface area (Å²) in [6.45, 7) is 2.14. The number of hydrogen-bond donors (Lipinski definition) is 1. The van der Waals surface area contributed by atoms with Gasteiger partial charge in [0.15, 0.2) is 0 Å². The van der Waals surface area contributed by atoms with Gasteiger partial charge in [0.2, 0.25) is 0 Å². The molecule has 2 aromatic carbocycles. The van der Waals surface area contributed by atoms with E-state index in [4.69, 9.17) is 0 Å². The molecule has 10 heteroatoms. The zero-order chi connectivity index (χ0) is 24.9. The third-order valence-corrected chi connectivity index (χ3v) is 5.49. The number of ether oxygens (including phenoxy) is 1. The standard InChI is InChI=1S/C24H24F3N3O4/c1-3-19(15-4-6-17(7-5-15)22(32)28-13-12-20(31)34-2)30-14-29-21(23(30)33)16-8-10-18(11-9-16)24(25,26)27/h4-11,19H,3,12-14H2,1-2H3,(H,28,32). The van der Waals surface area contributed by atoms with Gasteiger partial charge in [0.05, 0.1) is 25.1 Å². The van der Waals surface area contributed by atoms with Gasteiger partial charge in [0.25, 0.3) is 11.8 Å². The number of esters is 1. The summed E-state index contributed by atoms with van der Waals surface area (Å²) < 4.78 is 43.0. The number of nitrogens with zero attached hydrogens (tertiary/aromatic N) is 2. The van der Waals surface area contributed by atoms with Crippen molar-refractivity contribution in [2.45, 2.75) is 32.0 Å². The maximum Gasteiger partial charge on any atom is 0.416 e. The van der Waals surface area contributed by atoms with Gasteiger partial charge >= 0.3 is 12.1 Å². The third-order valence-electron chi connectivity index (χ3n) is 5.49. The van der Waals surface area contributed by atoms with Gasteiger partial charge in [-0.2, -0.15) is 13.2 Å². The van der Waals surface area contributed by atoms with E-state index in [2.05, 4.69) is 15.0 Å². The Kier molecular flexibility index (Phi) is 7.70. The fourth-order valence-corrected chi connectivity index (χ4v) is 3.66. The molecule has 34 heavy (non-hydrogen) atoms. The van der Waals surface area contributed by atoms with Gasteiger partial charge in [-0.05, 0) is 36.2 Å². The zero-order valence-corrected chi connectivity index (χ0v) is 18.7. The van der Waals surface area contributed by atoms with E-state index in [9.17, 15) is 27.6 Å². The summed E-state index contributed by atoms with van der Waals surface area (Å²) in [4.78, 5) is 42.2. The zero-order valence-electron chi connectivity index (χ0n) is 18.7. The molecule has 0 fully saturated rings. The van der Waals surface area contributed by atoms with Gasteiger partial charge in [-0.1, -0.05) is 31.2 Å². The Morgan fingerprint density at radius 2 is 1.76 bits per heavy atom. The highest BCUT2D eigenvalue weighted by molar-refractivity contribution is 6.46. The third kappa shape index (κ3) is 5.62. The van der Waals surface area contributed by atoms with Crippen LogP contribution >= 0.6 is 0 Å². The first-order valence-electron chi connectivity index (χ1n) is 10.6. The van der Waals surface area contributed by atoms with Crippen molar-refractivity contribution < 1.29 is 32.3 Å². The monoisotopic (exact) mass is 475 g/mol. The molecule has 0 radical (unpaired) electrons. The predicted octanol–water partition coefficient (Wildman–Crippen LogP) is 3.74. The van der Waals surface area contributed by atoms with E-state index in [1.807, 2.05) is 6.92 Å². The number of hydrogen-bond acceptors (Lipinski definition) is 5. The van der Waals surface area contributed by atoms with E-state index in [0.29, 0.717) is 17.5 Å². The summed E-state index contributed by atoms with van der Waals surface area (Å²) in [5.41, 5.74) is 0.854. The van der Waals surface area contributed by atoms with Crippen LogP contribution in [-0.4, -0.2) is 48.7 Å². The normalized spacial score (nSPS) is 14.6. The molecular weight excluding hydrogens is 451 g/mol. The van der Waals surface area contributed by atoms with Gasteiger partial charge in [0, 0.05) is 17.7 Å². The van der Waals surface area contributed by atoms with Crippen molar-refractivity contribution in [2.75, 3.05) is 20.3 Å². The molecule has 0 saturated heterocycles. The molecule has 1 N–H and O–H groups in total. The van der Waals surface area contributed by atoms with E-state index < -0.39 is 17.7 Å². The minimum atomic E-state index is -4.45. The van der Waals surface area contributed by atoms with E-state index in [0.717, 1.165) is 17.7 Å². The van der Waals surface area contributed by atoms with Crippen LogP contribution < -0.4 is 5.32 Å². The Balaban J connectivity index is 1.67. The van der Waals surface area contributed by atoms with E-state index in [1.54, 1.807) is 29.2 Å². The summed E-state index contributed by atoms with van der Waals surface area (Å²) in [7, 11) is 1.27. The number of carbonyl (C=O) groups is 3. The molecular formula is C24H24F3N3O4. The quantitative estimate of drug-likeness (QED) is 0.590. The number of benzene rings is 2. The number of rotatable bonds is 8. The fourth-order valence-electron chi connectivity index (χ4n) is 3.66. The van der Waals surface area contributed by atoms with Crippen LogP contribution in [0.2, 0.25) is 0 Å².